The Morgan fingerprint density at radius 3 is 2.54 bits per heavy atom. The normalized spacial score (nSPS) is 12.5. The van der Waals surface area contributed by atoms with E-state index in [0.29, 0.717) is 0 Å². The molecule has 70 valence electrons. The number of rotatable bonds is 4. The fraction of sp³-hybridized carbons (Fsp3) is 0.273. The van der Waals surface area contributed by atoms with Crippen LogP contribution in [-0.2, 0) is 0 Å². The van der Waals surface area contributed by atoms with Gasteiger partial charge in [0.2, 0.25) is 0 Å². The Balaban J connectivity index is 2.79. The first-order valence-electron chi connectivity index (χ1n) is 4.39. The second-order valence-corrected chi connectivity index (χ2v) is 2.82. The first kappa shape index (κ1) is 9.93. The molecule has 1 unspecified atom stereocenters. The third-order valence-corrected chi connectivity index (χ3v) is 1.89. The van der Waals surface area contributed by atoms with Gasteiger partial charge in [-0.1, -0.05) is 25.1 Å². The molecule has 0 saturated carbocycles. The van der Waals surface area contributed by atoms with Gasteiger partial charge >= 0.3 is 0 Å². The molecule has 0 amide bonds. The fourth-order valence-electron chi connectivity index (χ4n) is 1.23. The summed E-state index contributed by atoms with van der Waals surface area (Å²) >= 11 is 0. The monoisotopic (exact) mass is 179 g/mol. The first-order valence-corrected chi connectivity index (χ1v) is 4.39. The molecule has 0 heterocycles. The molecule has 0 spiro atoms. The van der Waals surface area contributed by atoms with Crippen LogP contribution in [0.5, 0.6) is 0 Å². The van der Waals surface area contributed by atoms with Gasteiger partial charge in [-0.15, -0.1) is 6.58 Å². The van der Waals surface area contributed by atoms with E-state index in [1.54, 1.807) is 12.1 Å². The maximum atomic E-state index is 12.6. The van der Waals surface area contributed by atoms with Crippen molar-refractivity contribution >= 4 is 0 Å². The van der Waals surface area contributed by atoms with Gasteiger partial charge in [0.1, 0.15) is 5.82 Å². The lowest BCUT2D eigenvalue weighted by Crippen LogP contribution is -2.18. The third-order valence-electron chi connectivity index (χ3n) is 1.89. The summed E-state index contributed by atoms with van der Waals surface area (Å²) in [5, 5.41) is 3.23. The molecule has 0 aliphatic heterocycles. The lowest BCUT2D eigenvalue weighted by molar-refractivity contribution is 0.619. The average Bonchev–Trinajstić information content (AvgIpc) is 2.16. The van der Waals surface area contributed by atoms with Gasteiger partial charge in [0, 0.05) is 0 Å². The molecule has 0 radical (unpaired) electrons. The molecule has 1 aromatic rings. The third kappa shape index (κ3) is 2.67. The zero-order valence-electron chi connectivity index (χ0n) is 7.76. The van der Waals surface area contributed by atoms with Crippen LogP contribution in [0, 0.1) is 5.82 Å². The Hall–Kier alpha value is -1.15. The molecule has 0 bridgehead atoms. The molecular weight excluding hydrogens is 165 g/mol. The number of benzene rings is 1. The molecular formula is C11H14FN. The van der Waals surface area contributed by atoms with Crippen molar-refractivity contribution < 1.29 is 4.39 Å². The zero-order valence-corrected chi connectivity index (χ0v) is 7.76. The SMILES string of the molecule is C=CC(NCC)c1ccc(F)cc1. The highest BCUT2D eigenvalue weighted by atomic mass is 19.1. The highest BCUT2D eigenvalue weighted by Gasteiger charge is 2.04. The Kier molecular flexibility index (Phi) is 3.65. The Morgan fingerprint density at radius 1 is 1.46 bits per heavy atom. The minimum Gasteiger partial charge on any atom is -0.307 e. The Morgan fingerprint density at radius 2 is 2.08 bits per heavy atom. The molecule has 1 aromatic carbocycles. The number of halogens is 1. The molecule has 1 atom stereocenters. The van der Waals surface area contributed by atoms with E-state index in [0.717, 1.165) is 12.1 Å². The van der Waals surface area contributed by atoms with E-state index < -0.39 is 0 Å². The molecule has 1 nitrogen and oxygen atoms in total. The minimum absolute atomic E-state index is 0.116. The second-order valence-electron chi connectivity index (χ2n) is 2.82. The van der Waals surface area contributed by atoms with Crippen molar-refractivity contribution in [1.29, 1.82) is 0 Å². The second kappa shape index (κ2) is 4.77. The molecule has 1 N–H and O–H groups in total. The summed E-state index contributed by atoms with van der Waals surface area (Å²) < 4.78 is 12.6. The van der Waals surface area contributed by atoms with Gasteiger partial charge in [0.25, 0.3) is 0 Å². The molecule has 1 rings (SSSR count). The molecule has 2 heteroatoms. The van der Waals surface area contributed by atoms with Gasteiger partial charge in [-0.05, 0) is 24.2 Å². The topological polar surface area (TPSA) is 12.0 Å². The van der Waals surface area contributed by atoms with E-state index >= 15 is 0 Å². The van der Waals surface area contributed by atoms with E-state index in [9.17, 15) is 4.39 Å². The summed E-state index contributed by atoms with van der Waals surface area (Å²) in [4.78, 5) is 0. The predicted molar refractivity (Wildman–Crippen MR) is 53.0 cm³/mol. The van der Waals surface area contributed by atoms with Gasteiger partial charge in [-0.2, -0.15) is 0 Å². The van der Waals surface area contributed by atoms with E-state index in [-0.39, 0.29) is 11.9 Å². The van der Waals surface area contributed by atoms with Crippen LogP contribution in [0.15, 0.2) is 36.9 Å². The van der Waals surface area contributed by atoms with Crippen molar-refractivity contribution in [3.8, 4) is 0 Å². The summed E-state index contributed by atoms with van der Waals surface area (Å²) in [6, 6.07) is 6.58. The van der Waals surface area contributed by atoms with Gasteiger partial charge in [-0.3, -0.25) is 0 Å². The van der Waals surface area contributed by atoms with Crippen LogP contribution in [0.25, 0.3) is 0 Å². The van der Waals surface area contributed by atoms with E-state index in [4.69, 9.17) is 0 Å². The highest BCUT2D eigenvalue weighted by Crippen LogP contribution is 2.13. The van der Waals surface area contributed by atoms with E-state index in [1.165, 1.54) is 12.1 Å². The molecule has 0 aliphatic rings. The number of nitrogens with one attached hydrogen (secondary N) is 1. The lowest BCUT2D eigenvalue weighted by Gasteiger charge is -2.13. The van der Waals surface area contributed by atoms with Gasteiger partial charge in [0.05, 0.1) is 6.04 Å². The largest absolute Gasteiger partial charge is 0.307 e. The highest BCUT2D eigenvalue weighted by molar-refractivity contribution is 5.22. The van der Waals surface area contributed by atoms with Crippen LogP contribution < -0.4 is 5.32 Å². The molecule has 13 heavy (non-hydrogen) atoms. The summed E-state index contributed by atoms with van der Waals surface area (Å²) in [6.07, 6.45) is 1.82. The van der Waals surface area contributed by atoms with Crippen molar-refractivity contribution in [2.75, 3.05) is 6.54 Å². The van der Waals surface area contributed by atoms with Crippen LogP contribution in [0.1, 0.15) is 18.5 Å². The molecule has 0 aliphatic carbocycles. The predicted octanol–water partition coefficient (Wildman–Crippen LogP) is 2.66. The average molecular weight is 179 g/mol. The van der Waals surface area contributed by atoms with Crippen LogP contribution in [0.3, 0.4) is 0 Å². The van der Waals surface area contributed by atoms with Gasteiger partial charge in [0.15, 0.2) is 0 Å². The summed E-state index contributed by atoms with van der Waals surface area (Å²) in [5.41, 5.74) is 1.04. The Bertz CT molecular complexity index is 266. The van der Waals surface area contributed by atoms with Crippen LogP contribution in [0.4, 0.5) is 4.39 Å². The maximum absolute atomic E-state index is 12.6. The summed E-state index contributed by atoms with van der Waals surface area (Å²) in [6.45, 7) is 6.62. The van der Waals surface area contributed by atoms with Crippen LogP contribution in [-0.4, -0.2) is 6.54 Å². The van der Waals surface area contributed by atoms with Crippen LogP contribution >= 0.6 is 0 Å². The molecule has 0 fully saturated rings. The standard InChI is InChI=1S/C11H14FN/c1-3-11(13-4-2)9-5-7-10(12)8-6-9/h3,5-8,11,13H,1,4H2,2H3. The van der Waals surface area contributed by atoms with Crippen molar-refractivity contribution in [2.24, 2.45) is 0 Å². The van der Waals surface area contributed by atoms with Crippen LogP contribution in [0.2, 0.25) is 0 Å². The van der Waals surface area contributed by atoms with E-state index in [1.807, 2.05) is 13.0 Å². The summed E-state index contributed by atoms with van der Waals surface area (Å²) in [5.74, 6) is -0.205. The quantitative estimate of drug-likeness (QED) is 0.701. The molecule has 0 aromatic heterocycles. The Labute approximate surface area is 78.3 Å². The van der Waals surface area contributed by atoms with Crippen molar-refractivity contribution in [1.82, 2.24) is 5.32 Å². The van der Waals surface area contributed by atoms with Crippen molar-refractivity contribution in [2.45, 2.75) is 13.0 Å². The maximum Gasteiger partial charge on any atom is 0.123 e. The lowest BCUT2D eigenvalue weighted by atomic mass is 10.1. The van der Waals surface area contributed by atoms with E-state index in [2.05, 4.69) is 11.9 Å². The zero-order chi connectivity index (χ0) is 9.68. The van der Waals surface area contributed by atoms with Gasteiger partial charge < -0.3 is 5.32 Å². The van der Waals surface area contributed by atoms with Gasteiger partial charge in [-0.25, -0.2) is 4.39 Å². The smallest absolute Gasteiger partial charge is 0.123 e. The number of likely N-dealkylation sites (N-methyl/N-ethyl adjacent to an activating group) is 1. The van der Waals surface area contributed by atoms with Crippen molar-refractivity contribution in [3.63, 3.8) is 0 Å². The summed E-state index contributed by atoms with van der Waals surface area (Å²) in [7, 11) is 0. The minimum atomic E-state index is -0.205. The number of hydrogen-bond donors (Lipinski definition) is 1. The van der Waals surface area contributed by atoms with Crippen molar-refractivity contribution in [3.05, 3.63) is 48.3 Å². The number of hydrogen-bond acceptors (Lipinski definition) is 1. The fourth-order valence-corrected chi connectivity index (χ4v) is 1.23. The first-order chi connectivity index (χ1) is 6.27. The molecule has 0 saturated heterocycles.